The zero-order valence-corrected chi connectivity index (χ0v) is 27.1. The largest absolute Gasteiger partial charge is 0.485 e. The van der Waals surface area contributed by atoms with Gasteiger partial charge in [-0.1, -0.05) is 30.3 Å². The molecule has 1 aromatic heterocycles. The number of ether oxygens (including phenoxy) is 3. The lowest BCUT2D eigenvalue weighted by molar-refractivity contribution is -0.149. The van der Waals surface area contributed by atoms with Gasteiger partial charge in [-0.05, 0) is 39.7 Å². The van der Waals surface area contributed by atoms with Gasteiger partial charge in [-0.15, -0.1) is 0 Å². The number of esters is 1. The number of ketones is 1. The summed E-state index contributed by atoms with van der Waals surface area (Å²) >= 11 is 0. The van der Waals surface area contributed by atoms with Crippen LogP contribution in [0, 0.1) is 0 Å². The maximum Gasteiger partial charge on any atom is 0.459 e. The number of benzene rings is 1. The van der Waals surface area contributed by atoms with Crippen molar-refractivity contribution in [2.45, 2.75) is 89.3 Å². The fourth-order valence-electron chi connectivity index (χ4n) is 5.47. The van der Waals surface area contributed by atoms with Crippen LogP contribution in [0.25, 0.3) is 0 Å². The van der Waals surface area contributed by atoms with Crippen molar-refractivity contribution < 1.29 is 46.9 Å². The quantitative estimate of drug-likeness (QED) is 0.233. The lowest BCUT2D eigenvalue weighted by atomic mass is 9.91. The number of H-pyrrole nitrogens is 1. The van der Waals surface area contributed by atoms with E-state index in [1.54, 1.807) is 13.8 Å². The Morgan fingerprint density at radius 1 is 1.19 bits per heavy atom. The van der Waals surface area contributed by atoms with Crippen molar-refractivity contribution in [1.29, 1.82) is 0 Å². The molecule has 16 heteroatoms. The molecule has 2 aliphatic heterocycles. The molecular weight excluding hydrogens is 640 g/mol. The topological polar surface area (TPSA) is 184 Å². The minimum atomic E-state index is -4.52. The van der Waals surface area contributed by atoms with Gasteiger partial charge in [-0.3, -0.25) is 28.5 Å². The van der Waals surface area contributed by atoms with E-state index in [-0.39, 0.29) is 36.6 Å². The van der Waals surface area contributed by atoms with Gasteiger partial charge < -0.3 is 23.8 Å². The number of nitrogens with one attached hydrogen (secondary N) is 2. The standard InChI is InChI=1S/C31H37FN3O11P/c1-17(2)43-28(39)18(3)34-47(41,42-16-25-27(38)31(4,32)29(45-25)35-13-12-26(37)33-30(35)40)46-20-10-11-21-22(36)15-23(44-24(21)14-20)19-8-6-5-7-9-19/h5-9,12-14,17-18,23,25,27,29,38H,10-11,15-16H2,1-4H3,(H,34,41)(H,33,37,40)/t18-,23?,25+,27+,29+,31?,47?/m0/s1. The highest BCUT2D eigenvalue weighted by Crippen LogP contribution is 2.51. The number of halogens is 1. The summed E-state index contributed by atoms with van der Waals surface area (Å²) in [6.45, 7) is 4.95. The molecular formula is C31H37FN3O11P. The molecule has 3 heterocycles. The number of aromatic amines is 1. The van der Waals surface area contributed by atoms with Crippen LogP contribution >= 0.6 is 7.75 Å². The number of carbonyl (C=O) groups is 2. The van der Waals surface area contributed by atoms with Gasteiger partial charge in [-0.25, -0.2) is 13.8 Å². The normalized spacial score (nSPS) is 27.8. The zero-order chi connectivity index (χ0) is 34.1. The van der Waals surface area contributed by atoms with Crippen molar-refractivity contribution in [1.82, 2.24) is 14.6 Å². The molecule has 2 aromatic rings. The second-order valence-electron chi connectivity index (χ2n) is 12.0. The Balaban J connectivity index is 1.37. The molecule has 1 fully saturated rings. The second kappa shape index (κ2) is 13.7. The molecule has 1 aromatic carbocycles. The summed E-state index contributed by atoms with van der Waals surface area (Å²) in [4.78, 5) is 51.4. The number of aliphatic hydroxyl groups excluding tert-OH is 1. The van der Waals surface area contributed by atoms with Crippen LogP contribution in [0.4, 0.5) is 4.39 Å². The molecule has 14 nitrogen and oxygen atoms in total. The predicted molar refractivity (Wildman–Crippen MR) is 163 cm³/mol. The average Bonchev–Trinajstić information content (AvgIpc) is 3.23. The van der Waals surface area contributed by atoms with E-state index in [2.05, 4.69) is 5.09 Å². The maximum atomic E-state index is 15.7. The number of aliphatic hydroxyl groups is 1. The lowest BCUT2D eigenvalue weighted by Gasteiger charge is -2.31. The Kier molecular flexibility index (Phi) is 10.0. The third-order valence-corrected chi connectivity index (χ3v) is 9.55. The predicted octanol–water partition coefficient (Wildman–Crippen LogP) is 3.26. The average molecular weight is 678 g/mol. The molecule has 0 radical (unpaired) electrons. The van der Waals surface area contributed by atoms with Gasteiger partial charge in [0.15, 0.2) is 17.7 Å². The van der Waals surface area contributed by atoms with Gasteiger partial charge in [0.05, 0.1) is 19.1 Å². The molecule has 3 N–H and O–H groups in total. The van der Waals surface area contributed by atoms with E-state index < -0.39 is 73.9 Å². The SMILES string of the molecule is CC(C)OC(=O)[C@H](C)NP(=O)(OC[C@H]1O[C@@H](n2ccc(=O)[nH]c2=O)C(C)(F)[C@@H]1O)OC1=CC2=C(CC1)C(=O)CC(c1ccccc1)O2. The van der Waals surface area contributed by atoms with Crippen molar-refractivity contribution in [3.8, 4) is 0 Å². The van der Waals surface area contributed by atoms with Crippen LogP contribution in [0.15, 0.2) is 75.4 Å². The number of nitrogens with zero attached hydrogens (tertiary/aromatic N) is 1. The molecule has 3 unspecified atom stereocenters. The van der Waals surface area contributed by atoms with Gasteiger partial charge >= 0.3 is 19.4 Å². The molecule has 47 heavy (non-hydrogen) atoms. The summed E-state index contributed by atoms with van der Waals surface area (Å²) in [6.07, 6.45) is -3.02. The van der Waals surface area contributed by atoms with Crippen molar-refractivity contribution in [3.63, 3.8) is 0 Å². The van der Waals surface area contributed by atoms with E-state index in [1.807, 2.05) is 35.3 Å². The van der Waals surface area contributed by atoms with Gasteiger partial charge in [-0.2, -0.15) is 5.09 Å². The first-order chi connectivity index (χ1) is 22.2. The molecule has 0 bridgehead atoms. The maximum absolute atomic E-state index is 15.7. The molecule has 1 saturated heterocycles. The van der Waals surface area contributed by atoms with Gasteiger partial charge in [0.25, 0.3) is 5.56 Å². The van der Waals surface area contributed by atoms with E-state index in [1.165, 1.54) is 13.0 Å². The molecule has 0 spiro atoms. The zero-order valence-electron chi connectivity index (χ0n) is 26.2. The first-order valence-electron chi connectivity index (χ1n) is 15.1. The van der Waals surface area contributed by atoms with Crippen LogP contribution in [0.5, 0.6) is 0 Å². The van der Waals surface area contributed by atoms with Crippen LogP contribution in [-0.2, 0) is 37.4 Å². The van der Waals surface area contributed by atoms with E-state index in [9.17, 15) is 28.8 Å². The minimum Gasteiger partial charge on any atom is -0.485 e. The lowest BCUT2D eigenvalue weighted by Crippen LogP contribution is -2.43. The number of aromatic nitrogens is 2. The number of hydrogen-bond donors (Lipinski definition) is 3. The minimum absolute atomic E-state index is 0.0872. The third-order valence-electron chi connectivity index (χ3n) is 7.88. The fraction of sp³-hybridized carbons (Fsp3) is 0.484. The first kappa shape index (κ1) is 34.5. The highest BCUT2D eigenvalue weighted by Gasteiger charge is 2.56. The summed E-state index contributed by atoms with van der Waals surface area (Å²) in [6, 6.07) is 8.99. The second-order valence-corrected chi connectivity index (χ2v) is 13.7. The number of rotatable bonds is 11. The van der Waals surface area contributed by atoms with Gasteiger partial charge in [0.1, 0.15) is 35.9 Å². The van der Waals surface area contributed by atoms with Crippen LogP contribution in [0.1, 0.15) is 64.9 Å². The van der Waals surface area contributed by atoms with Crippen molar-refractivity contribution in [3.05, 3.63) is 92.2 Å². The molecule has 3 aliphatic rings. The van der Waals surface area contributed by atoms with E-state index in [4.69, 9.17) is 23.3 Å². The van der Waals surface area contributed by atoms with E-state index in [0.29, 0.717) is 5.57 Å². The fourth-order valence-corrected chi connectivity index (χ4v) is 7.03. The molecule has 5 rings (SSSR count). The van der Waals surface area contributed by atoms with E-state index >= 15 is 4.39 Å². The van der Waals surface area contributed by atoms with Crippen LogP contribution < -0.4 is 16.3 Å². The Morgan fingerprint density at radius 3 is 2.60 bits per heavy atom. The monoisotopic (exact) mass is 677 g/mol. The summed E-state index contributed by atoms with van der Waals surface area (Å²) in [5.41, 5.74) is -2.95. The van der Waals surface area contributed by atoms with Crippen LogP contribution in [0.3, 0.4) is 0 Å². The summed E-state index contributed by atoms with van der Waals surface area (Å²) in [7, 11) is -4.52. The molecule has 7 atom stereocenters. The molecule has 254 valence electrons. The van der Waals surface area contributed by atoms with Crippen LogP contribution in [0.2, 0.25) is 0 Å². The first-order valence-corrected chi connectivity index (χ1v) is 16.7. The van der Waals surface area contributed by atoms with E-state index in [0.717, 1.165) is 29.3 Å². The summed E-state index contributed by atoms with van der Waals surface area (Å²) in [5.74, 6) is -0.470. The Hall–Kier alpha value is -3.88. The van der Waals surface area contributed by atoms with Crippen molar-refractivity contribution >= 4 is 19.5 Å². The molecule has 0 saturated carbocycles. The number of carbonyl (C=O) groups excluding carboxylic acids is 2. The number of allylic oxidation sites excluding steroid dienone is 3. The molecule has 1 aliphatic carbocycles. The number of Topliss-reactive ketones (excluding diaryl/α,β-unsaturated/α-hetero) is 1. The summed E-state index contributed by atoms with van der Waals surface area (Å²) < 4.78 is 59.2. The Labute approximate surface area is 269 Å². The smallest absolute Gasteiger partial charge is 0.459 e. The summed E-state index contributed by atoms with van der Waals surface area (Å²) in [5, 5.41) is 13.3. The van der Waals surface area contributed by atoms with Gasteiger partial charge in [0.2, 0.25) is 0 Å². The number of alkyl halides is 1. The Bertz CT molecular complexity index is 1740. The Morgan fingerprint density at radius 2 is 1.91 bits per heavy atom. The van der Waals surface area contributed by atoms with Crippen molar-refractivity contribution in [2.24, 2.45) is 0 Å². The highest BCUT2D eigenvalue weighted by molar-refractivity contribution is 7.51. The highest BCUT2D eigenvalue weighted by atomic mass is 31.2. The van der Waals surface area contributed by atoms with Crippen molar-refractivity contribution in [2.75, 3.05) is 6.61 Å². The molecule has 0 amide bonds. The third kappa shape index (κ3) is 7.65. The number of hydrogen-bond acceptors (Lipinski definition) is 11. The van der Waals surface area contributed by atoms with Gasteiger partial charge in [0, 0.05) is 30.3 Å². The van der Waals surface area contributed by atoms with Crippen LogP contribution in [-0.4, -0.2) is 63.0 Å².